The Morgan fingerprint density at radius 1 is 1.32 bits per heavy atom. The van der Waals surface area contributed by atoms with Crippen molar-refractivity contribution in [2.45, 2.75) is 45.2 Å². The van der Waals surface area contributed by atoms with Crippen molar-refractivity contribution in [3.63, 3.8) is 0 Å². The van der Waals surface area contributed by atoms with Crippen molar-refractivity contribution in [2.75, 3.05) is 39.3 Å². The molecule has 1 saturated carbocycles. The summed E-state index contributed by atoms with van der Waals surface area (Å²) in [6.07, 6.45) is 4.79. The van der Waals surface area contributed by atoms with E-state index in [1.54, 1.807) is 17.9 Å². The summed E-state index contributed by atoms with van der Waals surface area (Å²) in [6, 6.07) is 1.17. The van der Waals surface area contributed by atoms with E-state index in [9.17, 15) is 14.4 Å². The van der Waals surface area contributed by atoms with Crippen LogP contribution in [0.25, 0.3) is 0 Å². The number of hydrogen-bond acceptors (Lipinski definition) is 6. The minimum atomic E-state index is -0.562. The van der Waals surface area contributed by atoms with E-state index < -0.39 is 12.0 Å². The third kappa shape index (κ3) is 4.90. The fourth-order valence-corrected chi connectivity index (χ4v) is 5.63. The van der Waals surface area contributed by atoms with Crippen molar-refractivity contribution in [1.29, 1.82) is 0 Å². The second-order valence-corrected chi connectivity index (χ2v) is 9.94. The van der Waals surface area contributed by atoms with Crippen LogP contribution in [-0.4, -0.2) is 78.0 Å². The van der Waals surface area contributed by atoms with Crippen LogP contribution in [0.4, 0.5) is 4.79 Å². The van der Waals surface area contributed by atoms with Gasteiger partial charge in [-0.1, -0.05) is 12.5 Å². The number of carbonyl (C=O) groups excluding carboxylic acids is 3. The molecule has 0 spiro atoms. The minimum Gasteiger partial charge on any atom is -0.463 e. The van der Waals surface area contributed by atoms with Gasteiger partial charge in [0, 0.05) is 50.4 Å². The van der Waals surface area contributed by atoms with E-state index in [0.717, 1.165) is 24.8 Å². The molecule has 0 radical (unpaired) electrons. The van der Waals surface area contributed by atoms with Crippen LogP contribution in [0.3, 0.4) is 0 Å². The first kappa shape index (κ1) is 24.5. The van der Waals surface area contributed by atoms with Gasteiger partial charge in [-0.2, -0.15) is 11.3 Å². The van der Waals surface area contributed by atoms with E-state index in [4.69, 9.17) is 4.74 Å². The summed E-state index contributed by atoms with van der Waals surface area (Å²) in [5.41, 5.74) is 1.97. The van der Waals surface area contributed by atoms with Gasteiger partial charge < -0.3 is 15.0 Å². The van der Waals surface area contributed by atoms with Crippen LogP contribution in [0.5, 0.6) is 0 Å². The standard InChI is InChI=1S/C25H34N4O4S/c1-4-10-29-20(15-27-11-12-28(17(3)14-27)23(30)18-7-6-8-18)21(24(31)33-5-2)22(26-25(29)32)19-9-13-34-16-19/h4,9,13,16-18,22H,1,5-8,10-12,14-15H2,2-3H3,(H,26,32)/t17-,22-/m0/s1. The molecule has 0 aromatic carbocycles. The largest absolute Gasteiger partial charge is 0.463 e. The molecule has 34 heavy (non-hydrogen) atoms. The molecule has 9 heteroatoms. The maximum absolute atomic E-state index is 13.2. The summed E-state index contributed by atoms with van der Waals surface area (Å²) < 4.78 is 5.44. The van der Waals surface area contributed by atoms with Crippen LogP contribution >= 0.6 is 11.3 Å². The van der Waals surface area contributed by atoms with E-state index in [1.165, 1.54) is 11.3 Å². The van der Waals surface area contributed by atoms with Crippen molar-refractivity contribution in [3.05, 3.63) is 46.3 Å². The average molecular weight is 487 g/mol. The Morgan fingerprint density at radius 3 is 2.71 bits per heavy atom. The van der Waals surface area contributed by atoms with Crippen LogP contribution in [0.2, 0.25) is 0 Å². The zero-order chi connectivity index (χ0) is 24.2. The number of esters is 1. The van der Waals surface area contributed by atoms with Crippen LogP contribution in [0, 0.1) is 5.92 Å². The molecular weight excluding hydrogens is 452 g/mol. The van der Waals surface area contributed by atoms with E-state index >= 15 is 0 Å². The second-order valence-electron chi connectivity index (χ2n) is 9.16. The maximum Gasteiger partial charge on any atom is 0.338 e. The van der Waals surface area contributed by atoms with E-state index in [2.05, 4.69) is 23.7 Å². The van der Waals surface area contributed by atoms with E-state index in [0.29, 0.717) is 37.4 Å². The first-order valence-corrected chi connectivity index (χ1v) is 13.0. The van der Waals surface area contributed by atoms with Gasteiger partial charge in [0.05, 0.1) is 18.2 Å². The number of hydrogen-bond donors (Lipinski definition) is 1. The Hall–Kier alpha value is -2.65. The summed E-state index contributed by atoms with van der Waals surface area (Å²) in [6.45, 7) is 10.6. The van der Waals surface area contributed by atoms with Gasteiger partial charge in [0.25, 0.3) is 0 Å². The van der Waals surface area contributed by atoms with E-state index in [1.807, 2.05) is 21.7 Å². The third-order valence-electron chi connectivity index (χ3n) is 6.94. The monoisotopic (exact) mass is 486 g/mol. The van der Waals surface area contributed by atoms with Gasteiger partial charge in [0.2, 0.25) is 5.91 Å². The van der Waals surface area contributed by atoms with Gasteiger partial charge >= 0.3 is 12.0 Å². The SMILES string of the molecule is C=CCN1C(=O)N[C@@H](c2ccsc2)C(C(=O)OCC)=C1CN1CCN(C(=O)C2CCC2)[C@@H](C)C1. The molecule has 1 N–H and O–H groups in total. The number of urea groups is 1. The van der Waals surface area contributed by atoms with Crippen molar-refractivity contribution in [3.8, 4) is 0 Å². The van der Waals surface area contributed by atoms with Crippen LogP contribution in [0.15, 0.2) is 40.8 Å². The fourth-order valence-electron chi connectivity index (χ4n) is 4.94. The maximum atomic E-state index is 13.2. The molecule has 3 aliphatic rings. The molecule has 2 fully saturated rings. The number of piperazine rings is 1. The average Bonchev–Trinajstić information content (AvgIpc) is 3.29. The van der Waals surface area contributed by atoms with Gasteiger partial charge in [0.15, 0.2) is 0 Å². The van der Waals surface area contributed by atoms with E-state index in [-0.39, 0.29) is 37.0 Å². The Bertz CT molecular complexity index is 956. The van der Waals surface area contributed by atoms with Crippen LogP contribution < -0.4 is 5.32 Å². The van der Waals surface area contributed by atoms with Crippen LogP contribution in [0.1, 0.15) is 44.7 Å². The molecule has 8 nitrogen and oxygen atoms in total. The van der Waals surface area contributed by atoms with Crippen LogP contribution in [-0.2, 0) is 14.3 Å². The highest BCUT2D eigenvalue weighted by atomic mass is 32.1. The molecular formula is C25H34N4O4S. The molecule has 0 bridgehead atoms. The summed E-state index contributed by atoms with van der Waals surface area (Å²) >= 11 is 1.52. The molecule has 3 heterocycles. The lowest BCUT2D eigenvalue weighted by Gasteiger charge is -2.44. The quantitative estimate of drug-likeness (QED) is 0.451. The first-order valence-electron chi connectivity index (χ1n) is 12.1. The molecule has 184 valence electrons. The Morgan fingerprint density at radius 2 is 2.12 bits per heavy atom. The lowest BCUT2D eigenvalue weighted by atomic mass is 9.84. The second kappa shape index (κ2) is 10.7. The molecule has 0 unspecified atom stereocenters. The molecule has 2 atom stereocenters. The number of ether oxygens (including phenoxy) is 1. The zero-order valence-electron chi connectivity index (χ0n) is 20.0. The first-order chi connectivity index (χ1) is 16.4. The van der Waals surface area contributed by atoms with Gasteiger partial charge in [-0.05, 0) is 49.1 Å². The zero-order valence-corrected chi connectivity index (χ0v) is 20.8. The molecule has 1 aromatic rings. The highest BCUT2D eigenvalue weighted by molar-refractivity contribution is 7.08. The molecule has 2 aliphatic heterocycles. The number of nitrogens with zero attached hydrogens (tertiary/aromatic N) is 3. The minimum absolute atomic E-state index is 0.0754. The number of thiophene rings is 1. The fraction of sp³-hybridized carbons (Fsp3) is 0.560. The highest BCUT2D eigenvalue weighted by Gasteiger charge is 2.40. The predicted octanol–water partition coefficient (Wildman–Crippen LogP) is 3.15. The molecule has 3 amide bonds. The van der Waals surface area contributed by atoms with Crippen molar-refractivity contribution in [1.82, 2.24) is 20.0 Å². The van der Waals surface area contributed by atoms with Gasteiger partial charge in [-0.15, -0.1) is 6.58 Å². The topological polar surface area (TPSA) is 82.2 Å². The lowest BCUT2D eigenvalue weighted by molar-refractivity contribution is -0.142. The summed E-state index contributed by atoms with van der Waals surface area (Å²) in [7, 11) is 0. The smallest absolute Gasteiger partial charge is 0.338 e. The third-order valence-corrected chi connectivity index (χ3v) is 7.65. The Labute approximate surface area is 205 Å². The number of carbonyl (C=O) groups is 3. The Balaban J connectivity index is 1.62. The van der Waals surface area contributed by atoms with Gasteiger partial charge in [-0.25, -0.2) is 9.59 Å². The molecule has 4 rings (SSSR count). The summed E-state index contributed by atoms with van der Waals surface area (Å²) in [4.78, 5) is 44.9. The normalized spacial score (nSPS) is 24.0. The predicted molar refractivity (Wildman–Crippen MR) is 131 cm³/mol. The number of amides is 3. The van der Waals surface area contributed by atoms with Crippen molar-refractivity contribution in [2.24, 2.45) is 5.92 Å². The summed E-state index contributed by atoms with van der Waals surface area (Å²) in [5, 5.41) is 6.86. The lowest BCUT2D eigenvalue weighted by Crippen LogP contribution is -2.57. The Kier molecular flexibility index (Phi) is 7.73. The molecule has 1 saturated heterocycles. The van der Waals surface area contributed by atoms with Gasteiger partial charge in [-0.3, -0.25) is 14.6 Å². The molecule has 1 aliphatic carbocycles. The van der Waals surface area contributed by atoms with Crippen molar-refractivity contribution < 1.29 is 19.1 Å². The highest BCUT2D eigenvalue weighted by Crippen LogP contribution is 2.34. The summed E-state index contributed by atoms with van der Waals surface area (Å²) in [5.74, 6) is 0.0332. The number of rotatable bonds is 8. The number of nitrogens with one attached hydrogen (secondary N) is 1. The van der Waals surface area contributed by atoms with Crippen molar-refractivity contribution >= 4 is 29.2 Å². The van der Waals surface area contributed by atoms with Gasteiger partial charge in [0.1, 0.15) is 0 Å². The molecule has 1 aromatic heterocycles.